The van der Waals surface area contributed by atoms with Gasteiger partial charge in [0.2, 0.25) is 10.1 Å². The third-order valence-corrected chi connectivity index (χ3v) is 5.89. The number of hydrogen-bond donors (Lipinski definition) is 1. The van der Waals surface area contributed by atoms with Gasteiger partial charge in [0.05, 0.1) is 18.5 Å². The molecule has 0 amide bonds. The van der Waals surface area contributed by atoms with Crippen molar-refractivity contribution in [3.63, 3.8) is 0 Å². The molecule has 1 atom stereocenters. The predicted octanol–water partition coefficient (Wildman–Crippen LogP) is 3.63. The molecule has 138 valence electrons. The Morgan fingerprint density at radius 2 is 2.19 bits per heavy atom. The van der Waals surface area contributed by atoms with Crippen LogP contribution in [0.3, 0.4) is 0 Å². The molecule has 0 spiro atoms. The molecular weight excluding hydrogens is 370 g/mol. The maximum atomic E-state index is 5.95. The monoisotopic (exact) mass is 391 g/mol. The molecule has 1 unspecified atom stereocenters. The largest absolute Gasteiger partial charge is 0.383 e. The molecular formula is C18H22ClN5OS. The lowest BCUT2D eigenvalue weighted by Gasteiger charge is -2.23. The minimum absolute atomic E-state index is 0.547. The van der Waals surface area contributed by atoms with Crippen LogP contribution in [0.2, 0.25) is 5.02 Å². The van der Waals surface area contributed by atoms with Crippen LogP contribution in [0.1, 0.15) is 12.8 Å². The van der Waals surface area contributed by atoms with Crippen LogP contribution in [-0.4, -0.2) is 58.9 Å². The average molecular weight is 392 g/mol. The molecule has 0 saturated carbocycles. The molecule has 0 radical (unpaired) electrons. The van der Waals surface area contributed by atoms with Crippen molar-refractivity contribution in [3.8, 4) is 11.3 Å². The number of imidazole rings is 1. The Balaban J connectivity index is 1.40. The number of benzene rings is 1. The molecule has 8 heteroatoms. The zero-order chi connectivity index (χ0) is 17.9. The molecule has 1 fully saturated rings. The highest BCUT2D eigenvalue weighted by molar-refractivity contribution is 7.20. The number of nitrogens with one attached hydrogen (secondary N) is 1. The van der Waals surface area contributed by atoms with E-state index in [0.29, 0.717) is 6.04 Å². The van der Waals surface area contributed by atoms with Crippen LogP contribution in [-0.2, 0) is 4.74 Å². The summed E-state index contributed by atoms with van der Waals surface area (Å²) in [6.45, 7) is 3.84. The number of methoxy groups -OCH3 is 1. The molecule has 3 aromatic rings. The van der Waals surface area contributed by atoms with Crippen LogP contribution < -0.4 is 5.32 Å². The highest BCUT2D eigenvalue weighted by Crippen LogP contribution is 2.26. The molecule has 6 nitrogen and oxygen atoms in total. The molecule has 1 saturated heterocycles. The Labute approximate surface area is 161 Å². The molecule has 0 bridgehead atoms. The van der Waals surface area contributed by atoms with Crippen molar-refractivity contribution >= 4 is 33.0 Å². The summed E-state index contributed by atoms with van der Waals surface area (Å²) in [5, 5.41) is 9.74. The van der Waals surface area contributed by atoms with E-state index in [1.165, 1.54) is 12.8 Å². The summed E-state index contributed by atoms with van der Waals surface area (Å²) in [4.78, 5) is 8.06. The van der Waals surface area contributed by atoms with E-state index in [4.69, 9.17) is 16.3 Å². The lowest BCUT2D eigenvalue weighted by atomic mass is 10.2. The first-order valence-electron chi connectivity index (χ1n) is 8.82. The SMILES string of the molecule is COCCN1CCCC1CNc1nn2cc(-c3ccc(Cl)cc3)nc2s1. The minimum Gasteiger partial charge on any atom is -0.383 e. The summed E-state index contributed by atoms with van der Waals surface area (Å²) < 4.78 is 7.05. The van der Waals surface area contributed by atoms with Gasteiger partial charge < -0.3 is 10.1 Å². The molecule has 2 aromatic heterocycles. The van der Waals surface area contributed by atoms with Crippen molar-refractivity contribution in [3.05, 3.63) is 35.5 Å². The summed E-state index contributed by atoms with van der Waals surface area (Å²) in [6.07, 6.45) is 4.43. The first kappa shape index (κ1) is 17.7. The van der Waals surface area contributed by atoms with Gasteiger partial charge in [-0.25, -0.2) is 9.50 Å². The quantitative estimate of drug-likeness (QED) is 0.666. The fourth-order valence-electron chi connectivity index (χ4n) is 3.37. The Hall–Kier alpha value is -1.67. The second-order valence-corrected chi connectivity index (χ2v) is 7.87. The predicted molar refractivity (Wildman–Crippen MR) is 106 cm³/mol. The Morgan fingerprint density at radius 1 is 1.35 bits per heavy atom. The standard InChI is InChI=1S/C18H22ClN5OS/c1-25-10-9-23-8-2-3-15(23)11-20-17-22-24-12-16(21-18(24)26-17)13-4-6-14(19)7-5-13/h4-7,12,15H,2-3,8-11H2,1H3,(H,20,22). The number of fused-ring (bicyclic) bond motifs is 1. The molecule has 1 aliphatic rings. The van der Waals surface area contributed by atoms with E-state index >= 15 is 0 Å². The van der Waals surface area contributed by atoms with Gasteiger partial charge in [0.1, 0.15) is 0 Å². The van der Waals surface area contributed by atoms with E-state index in [2.05, 4.69) is 20.3 Å². The summed E-state index contributed by atoms with van der Waals surface area (Å²) >= 11 is 7.53. The second kappa shape index (κ2) is 7.92. The van der Waals surface area contributed by atoms with E-state index in [-0.39, 0.29) is 0 Å². The fourth-order valence-corrected chi connectivity index (χ4v) is 4.28. The van der Waals surface area contributed by atoms with Gasteiger partial charge in [-0.1, -0.05) is 35.1 Å². The lowest BCUT2D eigenvalue weighted by Crippen LogP contribution is -2.37. The van der Waals surface area contributed by atoms with Gasteiger partial charge in [-0.05, 0) is 31.5 Å². The van der Waals surface area contributed by atoms with Crippen LogP contribution in [0.4, 0.5) is 5.13 Å². The van der Waals surface area contributed by atoms with Crippen molar-refractivity contribution in [1.29, 1.82) is 0 Å². The van der Waals surface area contributed by atoms with Crippen LogP contribution in [0.15, 0.2) is 30.5 Å². The summed E-state index contributed by atoms with van der Waals surface area (Å²) in [6, 6.07) is 8.25. The summed E-state index contributed by atoms with van der Waals surface area (Å²) in [5.41, 5.74) is 1.95. The summed E-state index contributed by atoms with van der Waals surface area (Å²) in [5.74, 6) is 0. The van der Waals surface area contributed by atoms with Gasteiger partial charge in [-0.3, -0.25) is 4.90 Å². The van der Waals surface area contributed by atoms with Crippen molar-refractivity contribution in [2.45, 2.75) is 18.9 Å². The van der Waals surface area contributed by atoms with E-state index in [9.17, 15) is 0 Å². The zero-order valence-electron chi connectivity index (χ0n) is 14.7. The number of halogens is 1. The maximum absolute atomic E-state index is 5.95. The van der Waals surface area contributed by atoms with Gasteiger partial charge in [0, 0.05) is 36.8 Å². The van der Waals surface area contributed by atoms with Crippen LogP contribution in [0.25, 0.3) is 16.2 Å². The number of ether oxygens (including phenoxy) is 1. The van der Waals surface area contributed by atoms with Crippen molar-refractivity contribution in [2.24, 2.45) is 0 Å². The van der Waals surface area contributed by atoms with E-state index in [1.54, 1.807) is 18.4 Å². The van der Waals surface area contributed by atoms with Crippen LogP contribution >= 0.6 is 22.9 Å². The first-order valence-corrected chi connectivity index (χ1v) is 10.0. The highest BCUT2D eigenvalue weighted by atomic mass is 35.5. The minimum atomic E-state index is 0.547. The van der Waals surface area contributed by atoms with Crippen molar-refractivity contribution < 1.29 is 4.74 Å². The second-order valence-electron chi connectivity index (χ2n) is 6.47. The number of aromatic nitrogens is 3. The Morgan fingerprint density at radius 3 is 2.96 bits per heavy atom. The number of rotatable bonds is 7. The van der Waals surface area contributed by atoms with Crippen molar-refractivity contribution in [1.82, 2.24) is 19.5 Å². The molecule has 3 heterocycles. The van der Waals surface area contributed by atoms with Gasteiger partial charge in [0.15, 0.2) is 0 Å². The lowest BCUT2D eigenvalue weighted by molar-refractivity contribution is 0.143. The Kier molecular flexibility index (Phi) is 5.40. The van der Waals surface area contributed by atoms with Crippen LogP contribution in [0, 0.1) is 0 Å². The maximum Gasteiger partial charge on any atom is 0.214 e. The molecule has 1 aromatic carbocycles. The van der Waals surface area contributed by atoms with E-state index < -0.39 is 0 Å². The Bertz CT molecular complexity index is 831. The molecule has 1 N–H and O–H groups in total. The zero-order valence-corrected chi connectivity index (χ0v) is 16.3. The van der Waals surface area contributed by atoms with Gasteiger partial charge >= 0.3 is 0 Å². The van der Waals surface area contributed by atoms with Gasteiger partial charge in [0.25, 0.3) is 0 Å². The topological polar surface area (TPSA) is 54.7 Å². The number of nitrogens with zero attached hydrogens (tertiary/aromatic N) is 4. The van der Waals surface area contributed by atoms with Crippen molar-refractivity contribution in [2.75, 3.05) is 38.7 Å². The third kappa shape index (κ3) is 3.86. The summed E-state index contributed by atoms with van der Waals surface area (Å²) in [7, 11) is 1.76. The third-order valence-electron chi connectivity index (χ3n) is 4.75. The highest BCUT2D eigenvalue weighted by Gasteiger charge is 2.24. The normalized spacial score (nSPS) is 18.0. The fraction of sp³-hybridized carbons (Fsp3) is 0.444. The van der Waals surface area contributed by atoms with Gasteiger partial charge in [-0.15, -0.1) is 5.10 Å². The molecule has 26 heavy (non-hydrogen) atoms. The number of hydrogen-bond acceptors (Lipinski definition) is 6. The van der Waals surface area contributed by atoms with E-state index in [0.717, 1.165) is 52.6 Å². The van der Waals surface area contributed by atoms with Crippen LogP contribution in [0.5, 0.6) is 0 Å². The number of likely N-dealkylation sites (tertiary alicyclic amines) is 1. The number of anilines is 1. The van der Waals surface area contributed by atoms with E-state index in [1.807, 2.05) is 35.0 Å². The molecule has 4 rings (SSSR count). The molecule has 1 aliphatic heterocycles. The molecule has 0 aliphatic carbocycles. The van der Waals surface area contributed by atoms with Gasteiger partial charge in [-0.2, -0.15) is 0 Å². The average Bonchev–Trinajstić information content (AvgIpc) is 3.33. The first-order chi connectivity index (χ1) is 12.7. The smallest absolute Gasteiger partial charge is 0.214 e.